The first-order valence-corrected chi connectivity index (χ1v) is 7.87. The zero-order valence-corrected chi connectivity index (χ0v) is 14.6. The quantitative estimate of drug-likeness (QED) is 0.795. The molecule has 2 aromatic rings. The fourth-order valence-electron chi connectivity index (χ4n) is 3.03. The van der Waals surface area contributed by atoms with Crippen LogP contribution in [0.2, 0.25) is 0 Å². The second kappa shape index (κ2) is 5.58. The number of aliphatic imine (C=N–C) groups is 1. The topological polar surface area (TPSA) is 99.4 Å². The molecule has 7 nitrogen and oxygen atoms in total. The number of benzene rings is 1. The number of carbonyl (C=O) groups is 1. The molecular weight excluding hydrogens is 323 g/mol. The summed E-state index contributed by atoms with van der Waals surface area (Å²) in [7, 11) is 1.56. The molecule has 1 aromatic heterocycles. The Balaban J connectivity index is 2.12. The van der Waals surface area contributed by atoms with Crippen molar-refractivity contribution in [2.75, 3.05) is 12.4 Å². The molecule has 8 heteroatoms. The third-order valence-corrected chi connectivity index (χ3v) is 5.01. The van der Waals surface area contributed by atoms with Gasteiger partial charge < -0.3 is 11.1 Å². The number of amides is 1. The van der Waals surface area contributed by atoms with Crippen molar-refractivity contribution in [1.82, 2.24) is 15.1 Å². The van der Waals surface area contributed by atoms with E-state index in [0.717, 1.165) is 0 Å². The Labute approximate surface area is 145 Å². The Morgan fingerprint density at radius 2 is 2.00 bits per heavy atom. The number of anilines is 2. The highest BCUT2D eigenvalue weighted by atomic mass is 19.1. The van der Waals surface area contributed by atoms with Gasteiger partial charge >= 0.3 is 0 Å². The molecule has 0 spiro atoms. The lowest BCUT2D eigenvalue weighted by atomic mass is 9.67. The number of rotatable bonds is 3. The lowest BCUT2D eigenvalue weighted by Crippen LogP contribution is -2.58. The van der Waals surface area contributed by atoms with Crippen LogP contribution >= 0.6 is 0 Å². The highest BCUT2D eigenvalue weighted by Crippen LogP contribution is 2.47. The lowest BCUT2D eigenvalue weighted by Gasteiger charge is -2.46. The smallest absolute Gasteiger partial charge is 0.237 e. The first-order valence-electron chi connectivity index (χ1n) is 7.87. The van der Waals surface area contributed by atoms with E-state index in [9.17, 15) is 9.18 Å². The predicted molar refractivity (Wildman–Crippen MR) is 93.8 cm³/mol. The van der Waals surface area contributed by atoms with Gasteiger partial charge in [-0.2, -0.15) is 5.10 Å². The molecule has 1 aliphatic rings. The molecule has 4 N–H and O–H groups in total. The monoisotopic (exact) mass is 344 g/mol. The number of nitrogens with two attached hydrogens (primary N) is 1. The molecule has 1 atom stereocenters. The number of nitrogens with one attached hydrogen (secondary N) is 2. The van der Waals surface area contributed by atoms with E-state index < -0.39 is 16.8 Å². The van der Waals surface area contributed by atoms with Crippen LogP contribution < -0.4 is 11.1 Å². The molecule has 1 amide bonds. The molecule has 0 bridgehead atoms. The fraction of sp³-hybridized carbons (Fsp3) is 0.353. The molecule has 25 heavy (non-hydrogen) atoms. The van der Waals surface area contributed by atoms with Crippen LogP contribution in [0.3, 0.4) is 0 Å². The van der Waals surface area contributed by atoms with E-state index in [0.29, 0.717) is 17.1 Å². The molecular formula is C17H21FN6O. The van der Waals surface area contributed by atoms with Gasteiger partial charge in [-0.3, -0.25) is 14.8 Å². The SMILES string of the molecule is CN1C(=O)C(C)(C)C(C)(c2cc(Nc3ccn[nH]3)ccc2F)N=C1N. The number of aromatic amines is 1. The number of nitrogens with zero attached hydrogens (tertiary/aromatic N) is 3. The van der Waals surface area contributed by atoms with Crippen molar-refractivity contribution in [2.24, 2.45) is 16.1 Å². The minimum absolute atomic E-state index is 0.0677. The van der Waals surface area contributed by atoms with Crippen molar-refractivity contribution in [2.45, 2.75) is 26.3 Å². The third-order valence-electron chi connectivity index (χ3n) is 5.01. The first kappa shape index (κ1) is 16.9. The van der Waals surface area contributed by atoms with Gasteiger partial charge in [0.15, 0.2) is 5.96 Å². The highest BCUT2D eigenvalue weighted by molar-refractivity contribution is 6.01. The van der Waals surface area contributed by atoms with Crippen LogP contribution in [0.15, 0.2) is 35.5 Å². The van der Waals surface area contributed by atoms with Crippen LogP contribution in [-0.4, -0.2) is 34.0 Å². The summed E-state index contributed by atoms with van der Waals surface area (Å²) in [5.41, 5.74) is 4.74. The average Bonchev–Trinajstić information content (AvgIpc) is 3.06. The molecule has 2 heterocycles. The molecule has 0 saturated carbocycles. The molecule has 1 unspecified atom stereocenters. The van der Waals surface area contributed by atoms with Crippen LogP contribution in [0.1, 0.15) is 26.3 Å². The third kappa shape index (κ3) is 2.54. The van der Waals surface area contributed by atoms with Crippen LogP contribution in [0.25, 0.3) is 0 Å². The number of guanidine groups is 1. The van der Waals surface area contributed by atoms with Gasteiger partial charge in [-0.15, -0.1) is 0 Å². The van der Waals surface area contributed by atoms with Gasteiger partial charge in [0.2, 0.25) is 5.91 Å². The highest BCUT2D eigenvalue weighted by Gasteiger charge is 2.53. The molecule has 1 aliphatic heterocycles. The number of hydrogen-bond donors (Lipinski definition) is 3. The maximum absolute atomic E-state index is 14.7. The Morgan fingerprint density at radius 3 is 2.64 bits per heavy atom. The Morgan fingerprint density at radius 1 is 1.28 bits per heavy atom. The van der Waals surface area contributed by atoms with E-state index >= 15 is 0 Å². The van der Waals surface area contributed by atoms with E-state index in [1.165, 1.54) is 11.0 Å². The lowest BCUT2D eigenvalue weighted by molar-refractivity contribution is -0.140. The Hall–Kier alpha value is -2.90. The molecule has 0 saturated heterocycles. The van der Waals surface area contributed by atoms with E-state index in [-0.39, 0.29) is 11.9 Å². The molecule has 0 aliphatic carbocycles. The summed E-state index contributed by atoms with van der Waals surface area (Å²) in [5, 5.41) is 9.75. The minimum Gasteiger partial charge on any atom is -0.369 e. The van der Waals surface area contributed by atoms with Gasteiger partial charge in [-0.25, -0.2) is 9.38 Å². The molecule has 3 rings (SSSR count). The van der Waals surface area contributed by atoms with Gasteiger partial charge in [-0.1, -0.05) is 0 Å². The number of H-pyrrole nitrogens is 1. The average molecular weight is 344 g/mol. The fourth-order valence-corrected chi connectivity index (χ4v) is 3.03. The molecule has 0 fully saturated rings. The van der Waals surface area contributed by atoms with Crippen molar-refractivity contribution in [1.29, 1.82) is 0 Å². The molecule has 0 radical (unpaired) electrons. The summed E-state index contributed by atoms with van der Waals surface area (Å²) in [6.07, 6.45) is 1.61. The van der Waals surface area contributed by atoms with Crippen molar-refractivity contribution >= 4 is 23.4 Å². The van der Waals surface area contributed by atoms with Crippen molar-refractivity contribution in [3.63, 3.8) is 0 Å². The van der Waals surface area contributed by atoms with E-state index in [2.05, 4.69) is 20.5 Å². The van der Waals surface area contributed by atoms with Crippen LogP contribution in [0.4, 0.5) is 15.9 Å². The minimum atomic E-state index is -1.14. The second-order valence-corrected chi connectivity index (χ2v) is 6.82. The van der Waals surface area contributed by atoms with E-state index in [1.54, 1.807) is 52.2 Å². The number of halogens is 1. The van der Waals surface area contributed by atoms with Crippen molar-refractivity contribution in [3.8, 4) is 0 Å². The zero-order valence-electron chi connectivity index (χ0n) is 14.6. The maximum Gasteiger partial charge on any atom is 0.237 e. The van der Waals surface area contributed by atoms with E-state index in [1.807, 2.05) is 0 Å². The maximum atomic E-state index is 14.7. The van der Waals surface area contributed by atoms with Crippen LogP contribution in [-0.2, 0) is 10.3 Å². The summed E-state index contributed by atoms with van der Waals surface area (Å²) >= 11 is 0. The largest absolute Gasteiger partial charge is 0.369 e. The second-order valence-electron chi connectivity index (χ2n) is 6.82. The summed E-state index contributed by atoms with van der Waals surface area (Å²) in [5.74, 6) is 0.0797. The van der Waals surface area contributed by atoms with Gasteiger partial charge in [0.25, 0.3) is 0 Å². The van der Waals surface area contributed by atoms with Gasteiger partial charge in [0.1, 0.15) is 17.2 Å². The van der Waals surface area contributed by atoms with Crippen LogP contribution in [0, 0.1) is 11.2 Å². The Bertz CT molecular complexity index is 845. The van der Waals surface area contributed by atoms with Crippen molar-refractivity contribution in [3.05, 3.63) is 41.8 Å². The van der Waals surface area contributed by atoms with Gasteiger partial charge in [0, 0.05) is 24.4 Å². The van der Waals surface area contributed by atoms with Crippen LogP contribution in [0.5, 0.6) is 0 Å². The number of carbonyl (C=O) groups excluding carboxylic acids is 1. The Kier molecular flexibility index (Phi) is 3.78. The summed E-state index contributed by atoms with van der Waals surface area (Å²) in [4.78, 5) is 18.5. The van der Waals surface area contributed by atoms with E-state index in [4.69, 9.17) is 5.73 Å². The summed E-state index contributed by atoms with van der Waals surface area (Å²) in [6.45, 7) is 5.22. The van der Waals surface area contributed by atoms with Gasteiger partial charge in [0.05, 0.1) is 11.6 Å². The summed E-state index contributed by atoms with van der Waals surface area (Å²) in [6, 6.07) is 6.36. The standard InChI is InChI=1S/C17H21FN6O/c1-16(2)14(25)24(4)15(19)22-17(16,3)11-9-10(5-6-12(11)18)21-13-7-8-20-23-13/h5-9H,1-4H3,(H2,19,22)(H2,20,21,23). The number of hydrogen-bond acceptors (Lipinski definition) is 5. The van der Waals surface area contributed by atoms with Crippen molar-refractivity contribution < 1.29 is 9.18 Å². The van der Waals surface area contributed by atoms with Gasteiger partial charge in [-0.05, 0) is 39.0 Å². The first-order chi connectivity index (χ1) is 11.7. The number of aromatic nitrogens is 2. The summed E-state index contributed by atoms with van der Waals surface area (Å²) < 4.78 is 14.7. The molecule has 132 valence electrons. The predicted octanol–water partition coefficient (Wildman–Crippen LogP) is 2.32. The molecule has 1 aromatic carbocycles. The normalized spacial score (nSPS) is 22.7. The zero-order chi connectivity index (χ0) is 18.4.